The lowest BCUT2D eigenvalue weighted by Crippen LogP contribution is -2.38. The number of hydrogen-bond acceptors (Lipinski definition) is 4. The number of rotatable bonds is 9. The first-order valence-electron chi connectivity index (χ1n) is 12.1. The number of anilines is 1. The molecular weight excluding hydrogens is 454 g/mol. The van der Waals surface area contributed by atoms with E-state index in [9.17, 15) is 19.2 Å². The van der Waals surface area contributed by atoms with Crippen molar-refractivity contribution < 1.29 is 19.2 Å². The molecule has 0 saturated carbocycles. The predicted molar refractivity (Wildman–Crippen MR) is 138 cm³/mol. The van der Waals surface area contributed by atoms with Gasteiger partial charge in [-0.2, -0.15) is 0 Å². The number of benzene rings is 3. The van der Waals surface area contributed by atoms with E-state index in [-0.39, 0.29) is 41.9 Å². The SMILES string of the molecule is CCCN(CC(=O)Nc1ccccc1C)C(=O)c1ccc2c(c1)C(=O)N(CCc1ccccc1)C2=O. The molecule has 0 fully saturated rings. The van der Waals surface area contributed by atoms with Crippen molar-refractivity contribution >= 4 is 29.3 Å². The minimum Gasteiger partial charge on any atom is -0.329 e. The average molecular weight is 484 g/mol. The number of aryl methyl sites for hydroxylation is 1. The number of nitrogens with one attached hydrogen (secondary N) is 1. The maximum atomic E-state index is 13.3. The van der Waals surface area contributed by atoms with Crippen molar-refractivity contribution in [3.63, 3.8) is 0 Å². The molecule has 7 heteroatoms. The standard InChI is InChI=1S/C29H29N3O4/c1-3-16-31(19-26(33)30-25-12-8-7-9-20(25)2)27(34)22-13-14-23-24(18-22)29(36)32(28(23)35)17-15-21-10-5-4-6-11-21/h4-14,18H,3,15-17,19H2,1-2H3,(H,30,33). The molecule has 7 nitrogen and oxygen atoms in total. The minimum absolute atomic E-state index is 0.117. The summed E-state index contributed by atoms with van der Waals surface area (Å²) in [6.45, 7) is 4.35. The maximum Gasteiger partial charge on any atom is 0.261 e. The van der Waals surface area contributed by atoms with Crippen molar-refractivity contribution in [1.29, 1.82) is 0 Å². The number of carbonyl (C=O) groups excluding carboxylic acids is 4. The summed E-state index contributed by atoms with van der Waals surface area (Å²) in [7, 11) is 0. The predicted octanol–water partition coefficient (Wildman–Crippen LogP) is 4.32. The van der Waals surface area contributed by atoms with Gasteiger partial charge < -0.3 is 10.2 Å². The smallest absolute Gasteiger partial charge is 0.261 e. The van der Waals surface area contributed by atoms with Gasteiger partial charge in [0.1, 0.15) is 6.54 Å². The molecule has 36 heavy (non-hydrogen) atoms. The van der Waals surface area contributed by atoms with Crippen molar-refractivity contribution in [3.8, 4) is 0 Å². The van der Waals surface area contributed by atoms with Gasteiger partial charge in [0.2, 0.25) is 5.91 Å². The molecule has 0 aliphatic carbocycles. The van der Waals surface area contributed by atoms with E-state index in [1.165, 1.54) is 21.9 Å². The molecule has 0 saturated heterocycles. The number of hydrogen-bond donors (Lipinski definition) is 1. The third kappa shape index (κ3) is 5.35. The molecule has 0 atom stereocenters. The van der Waals surface area contributed by atoms with E-state index >= 15 is 0 Å². The molecule has 1 aliphatic rings. The molecule has 1 N–H and O–H groups in total. The van der Waals surface area contributed by atoms with E-state index < -0.39 is 5.91 Å². The van der Waals surface area contributed by atoms with Crippen LogP contribution < -0.4 is 5.32 Å². The lowest BCUT2D eigenvalue weighted by Gasteiger charge is -2.22. The van der Waals surface area contributed by atoms with Crippen molar-refractivity contribution in [2.45, 2.75) is 26.7 Å². The van der Waals surface area contributed by atoms with Crippen LogP contribution >= 0.6 is 0 Å². The minimum atomic E-state index is -0.403. The first-order chi connectivity index (χ1) is 17.4. The molecule has 1 aliphatic heterocycles. The highest BCUT2D eigenvalue weighted by atomic mass is 16.2. The Morgan fingerprint density at radius 1 is 0.889 bits per heavy atom. The van der Waals surface area contributed by atoms with Gasteiger partial charge in [-0.05, 0) is 55.2 Å². The summed E-state index contributed by atoms with van der Waals surface area (Å²) in [5.41, 5.74) is 3.45. The van der Waals surface area contributed by atoms with E-state index in [0.717, 1.165) is 11.1 Å². The summed E-state index contributed by atoms with van der Waals surface area (Å²) >= 11 is 0. The van der Waals surface area contributed by atoms with Crippen molar-refractivity contribution in [2.24, 2.45) is 0 Å². The van der Waals surface area contributed by atoms with Crippen LogP contribution in [0.25, 0.3) is 0 Å². The number of para-hydroxylation sites is 1. The van der Waals surface area contributed by atoms with Gasteiger partial charge in [-0.1, -0.05) is 55.5 Å². The van der Waals surface area contributed by atoms with E-state index in [1.54, 1.807) is 6.07 Å². The second-order valence-corrected chi connectivity index (χ2v) is 8.85. The Bertz CT molecular complexity index is 1300. The zero-order chi connectivity index (χ0) is 25.7. The van der Waals surface area contributed by atoms with Gasteiger partial charge in [0.05, 0.1) is 11.1 Å². The summed E-state index contributed by atoms with van der Waals surface area (Å²) in [4.78, 5) is 54.6. The van der Waals surface area contributed by atoms with Crippen molar-refractivity contribution in [1.82, 2.24) is 9.80 Å². The molecule has 1 heterocycles. The summed E-state index contributed by atoms with van der Waals surface area (Å²) in [6.07, 6.45) is 1.22. The van der Waals surface area contributed by atoms with Crippen LogP contribution in [0.2, 0.25) is 0 Å². The van der Waals surface area contributed by atoms with Crippen LogP contribution in [0.4, 0.5) is 5.69 Å². The van der Waals surface area contributed by atoms with Gasteiger partial charge in [0.15, 0.2) is 0 Å². The highest BCUT2D eigenvalue weighted by Gasteiger charge is 2.36. The number of nitrogens with zero attached hydrogens (tertiary/aromatic N) is 2. The molecule has 3 aromatic carbocycles. The molecule has 0 spiro atoms. The number of amides is 4. The van der Waals surface area contributed by atoms with Crippen LogP contribution in [0.3, 0.4) is 0 Å². The third-order valence-corrected chi connectivity index (χ3v) is 6.22. The molecule has 3 aromatic rings. The number of carbonyl (C=O) groups is 4. The normalized spacial score (nSPS) is 12.4. The van der Waals surface area contributed by atoms with Gasteiger partial charge in [-0.25, -0.2) is 0 Å². The van der Waals surface area contributed by atoms with Crippen LogP contribution in [-0.2, 0) is 11.2 Å². The fourth-order valence-electron chi connectivity index (χ4n) is 4.29. The largest absolute Gasteiger partial charge is 0.329 e. The summed E-state index contributed by atoms with van der Waals surface area (Å²) < 4.78 is 0. The highest BCUT2D eigenvalue weighted by molar-refractivity contribution is 6.22. The summed E-state index contributed by atoms with van der Waals surface area (Å²) in [6, 6.07) is 21.6. The number of fused-ring (bicyclic) bond motifs is 1. The van der Waals surface area contributed by atoms with E-state index in [1.807, 2.05) is 68.4 Å². The first kappa shape index (κ1) is 24.9. The van der Waals surface area contributed by atoms with Crippen LogP contribution in [-0.4, -0.2) is 53.1 Å². The van der Waals surface area contributed by atoms with E-state index in [0.29, 0.717) is 30.6 Å². The third-order valence-electron chi connectivity index (χ3n) is 6.22. The average Bonchev–Trinajstić information content (AvgIpc) is 3.12. The molecule has 0 bridgehead atoms. The quantitative estimate of drug-likeness (QED) is 0.459. The van der Waals surface area contributed by atoms with Crippen molar-refractivity contribution in [3.05, 3.63) is 101 Å². The summed E-state index contributed by atoms with van der Waals surface area (Å²) in [5.74, 6) is -1.42. The topological polar surface area (TPSA) is 86.8 Å². The zero-order valence-corrected chi connectivity index (χ0v) is 20.5. The first-order valence-corrected chi connectivity index (χ1v) is 12.1. The Morgan fingerprint density at radius 3 is 2.31 bits per heavy atom. The van der Waals surface area contributed by atoms with Crippen LogP contribution in [0, 0.1) is 6.92 Å². The fourth-order valence-corrected chi connectivity index (χ4v) is 4.29. The second kappa shape index (κ2) is 11.0. The monoisotopic (exact) mass is 483 g/mol. The van der Waals surface area contributed by atoms with Crippen LogP contribution in [0.1, 0.15) is 55.5 Å². The Hall–Kier alpha value is -4.26. The molecule has 0 unspecified atom stereocenters. The van der Waals surface area contributed by atoms with E-state index in [4.69, 9.17) is 0 Å². The van der Waals surface area contributed by atoms with Crippen LogP contribution in [0.5, 0.6) is 0 Å². The molecule has 4 amide bonds. The van der Waals surface area contributed by atoms with Gasteiger partial charge in [-0.15, -0.1) is 0 Å². The Labute approximate surface area is 210 Å². The zero-order valence-electron chi connectivity index (χ0n) is 20.5. The Morgan fingerprint density at radius 2 is 1.58 bits per heavy atom. The van der Waals surface area contributed by atoms with Gasteiger partial charge in [0.25, 0.3) is 17.7 Å². The van der Waals surface area contributed by atoms with Gasteiger partial charge in [0, 0.05) is 24.3 Å². The van der Waals surface area contributed by atoms with Crippen LogP contribution in [0.15, 0.2) is 72.8 Å². The lowest BCUT2D eigenvalue weighted by molar-refractivity contribution is -0.116. The van der Waals surface area contributed by atoms with Gasteiger partial charge >= 0.3 is 0 Å². The second-order valence-electron chi connectivity index (χ2n) is 8.85. The number of imide groups is 1. The molecule has 0 aromatic heterocycles. The Kier molecular flexibility index (Phi) is 7.59. The molecule has 0 radical (unpaired) electrons. The van der Waals surface area contributed by atoms with Crippen molar-refractivity contribution in [2.75, 3.05) is 25.0 Å². The lowest BCUT2D eigenvalue weighted by atomic mass is 10.0. The highest BCUT2D eigenvalue weighted by Crippen LogP contribution is 2.25. The van der Waals surface area contributed by atoms with Gasteiger partial charge in [-0.3, -0.25) is 24.1 Å². The Balaban J connectivity index is 1.47. The van der Waals surface area contributed by atoms with E-state index in [2.05, 4.69) is 5.32 Å². The molecular formula is C29H29N3O4. The fraction of sp³-hybridized carbons (Fsp3) is 0.241. The molecule has 4 rings (SSSR count). The molecule has 184 valence electrons. The summed E-state index contributed by atoms with van der Waals surface area (Å²) in [5, 5.41) is 2.85. The maximum absolute atomic E-state index is 13.3.